The van der Waals surface area contributed by atoms with Gasteiger partial charge in [-0.3, -0.25) is 4.79 Å². The zero-order valence-electron chi connectivity index (χ0n) is 15.4. The summed E-state index contributed by atoms with van der Waals surface area (Å²) in [7, 11) is 2.94. The summed E-state index contributed by atoms with van der Waals surface area (Å²) in [4.78, 5) is 13.9. The van der Waals surface area contributed by atoms with Gasteiger partial charge in [0.2, 0.25) is 0 Å². The highest BCUT2D eigenvalue weighted by Crippen LogP contribution is 2.37. The van der Waals surface area contributed by atoms with E-state index >= 15 is 0 Å². The standard InChI is InChI=1S/C18H26BNO4/c1-17(2)18(3,4)24-19(23-17)14-11-12(16(21)20(5)6)7-10-15(14)22-13-8-9-13/h7,10-11,13H,8-9H2,1-6H3. The molecule has 0 radical (unpaired) electrons. The summed E-state index contributed by atoms with van der Waals surface area (Å²) in [6.45, 7) is 8.07. The van der Waals surface area contributed by atoms with E-state index in [0.717, 1.165) is 24.1 Å². The van der Waals surface area contributed by atoms with Crippen molar-refractivity contribution in [2.45, 2.75) is 57.8 Å². The van der Waals surface area contributed by atoms with Crippen LogP contribution >= 0.6 is 0 Å². The van der Waals surface area contributed by atoms with Crippen LogP contribution in [0, 0.1) is 0 Å². The van der Waals surface area contributed by atoms with Crippen molar-refractivity contribution in [2.24, 2.45) is 0 Å². The SMILES string of the molecule is CN(C)C(=O)c1ccc(OC2CC2)c(B2OC(C)(C)C(C)(C)O2)c1. The van der Waals surface area contributed by atoms with Gasteiger partial charge in [-0.25, -0.2) is 0 Å². The van der Waals surface area contributed by atoms with Gasteiger partial charge in [-0.2, -0.15) is 0 Å². The number of benzene rings is 1. The second-order valence-electron chi connectivity index (χ2n) is 7.86. The molecule has 1 aromatic rings. The fourth-order valence-electron chi connectivity index (χ4n) is 2.57. The van der Waals surface area contributed by atoms with Gasteiger partial charge in [-0.15, -0.1) is 0 Å². The third-order valence-electron chi connectivity index (χ3n) is 4.99. The molecule has 1 aliphatic carbocycles. The second kappa shape index (κ2) is 5.78. The van der Waals surface area contributed by atoms with Crippen LogP contribution in [-0.4, -0.2) is 49.3 Å². The van der Waals surface area contributed by atoms with Crippen LogP contribution < -0.4 is 10.2 Å². The lowest BCUT2D eigenvalue weighted by atomic mass is 9.77. The zero-order valence-corrected chi connectivity index (χ0v) is 15.4. The Bertz CT molecular complexity index is 636. The number of amides is 1. The molecule has 0 N–H and O–H groups in total. The minimum Gasteiger partial charge on any atom is -0.491 e. The van der Waals surface area contributed by atoms with Crippen LogP contribution in [0.5, 0.6) is 5.75 Å². The van der Waals surface area contributed by atoms with Crippen LogP contribution in [0.25, 0.3) is 0 Å². The number of hydrogen-bond donors (Lipinski definition) is 0. The number of ether oxygens (including phenoxy) is 1. The van der Waals surface area contributed by atoms with Crippen molar-refractivity contribution in [2.75, 3.05) is 14.1 Å². The zero-order chi connectivity index (χ0) is 17.7. The molecule has 3 rings (SSSR count). The molecule has 1 aromatic carbocycles. The molecule has 1 saturated carbocycles. The Morgan fingerprint density at radius 3 is 2.25 bits per heavy atom. The molecular weight excluding hydrogens is 305 g/mol. The van der Waals surface area contributed by atoms with Gasteiger partial charge in [-0.1, -0.05) is 0 Å². The second-order valence-corrected chi connectivity index (χ2v) is 7.86. The van der Waals surface area contributed by atoms with Crippen LogP contribution in [0.1, 0.15) is 50.9 Å². The third kappa shape index (κ3) is 3.17. The average molecular weight is 331 g/mol. The van der Waals surface area contributed by atoms with Gasteiger partial charge in [-0.05, 0) is 58.7 Å². The first kappa shape index (κ1) is 17.3. The minimum atomic E-state index is -0.543. The number of nitrogens with zero attached hydrogens (tertiary/aromatic N) is 1. The van der Waals surface area contributed by atoms with Gasteiger partial charge in [0, 0.05) is 25.1 Å². The van der Waals surface area contributed by atoms with Crippen molar-refractivity contribution in [3.63, 3.8) is 0 Å². The molecule has 2 fully saturated rings. The molecule has 1 aliphatic heterocycles. The van der Waals surface area contributed by atoms with E-state index in [1.54, 1.807) is 25.1 Å². The average Bonchev–Trinajstić information content (AvgIpc) is 3.25. The Morgan fingerprint density at radius 1 is 1.17 bits per heavy atom. The molecular formula is C18H26BNO4. The van der Waals surface area contributed by atoms with Gasteiger partial charge in [0.1, 0.15) is 5.75 Å². The predicted octanol–water partition coefficient (Wildman–Crippen LogP) is 2.23. The van der Waals surface area contributed by atoms with E-state index in [1.165, 1.54) is 0 Å². The highest BCUT2D eigenvalue weighted by Gasteiger charge is 2.52. The molecule has 0 bridgehead atoms. The summed E-state index contributed by atoms with van der Waals surface area (Å²) in [6.07, 6.45) is 2.41. The van der Waals surface area contributed by atoms with Gasteiger partial charge in [0.15, 0.2) is 0 Å². The van der Waals surface area contributed by atoms with Crippen molar-refractivity contribution in [1.29, 1.82) is 0 Å². The Kier molecular flexibility index (Phi) is 4.17. The number of hydrogen-bond acceptors (Lipinski definition) is 4. The highest BCUT2D eigenvalue weighted by molar-refractivity contribution is 6.63. The van der Waals surface area contributed by atoms with Crippen LogP contribution in [0.4, 0.5) is 0 Å². The van der Waals surface area contributed by atoms with Crippen molar-refractivity contribution < 1.29 is 18.8 Å². The van der Waals surface area contributed by atoms with Gasteiger partial charge >= 0.3 is 7.12 Å². The minimum absolute atomic E-state index is 0.0502. The molecule has 0 spiro atoms. The normalized spacial score (nSPS) is 21.7. The maximum Gasteiger partial charge on any atom is 0.498 e. The lowest BCUT2D eigenvalue weighted by Crippen LogP contribution is -2.41. The lowest BCUT2D eigenvalue weighted by molar-refractivity contribution is 0.00578. The van der Waals surface area contributed by atoms with Gasteiger partial charge < -0.3 is 18.9 Å². The molecule has 2 aliphatic rings. The molecule has 1 saturated heterocycles. The molecule has 6 heteroatoms. The van der Waals surface area contributed by atoms with E-state index in [2.05, 4.69) is 0 Å². The van der Waals surface area contributed by atoms with Crippen LogP contribution in [0.2, 0.25) is 0 Å². The fourth-order valence-corrected chi connectivity index (χ4v) is 2.57. The molecule has 130 valence electrons. The van der Waals surface area contributed by atoms with E-state index in [1.807, 2.05) is 39.8 Å². The highest BCUT2D eigenvalue weighted by atomic mass is 16.7. The smallest absolute Gasteiger partial charge is 0.491 e. The maximum absolute atomic E-state index is 12.3. The third-order valence-corrected chi connectivity index (χ3v) is 4.99. The number of carbonyl (C=O) groups is 1. The molecule has 5 nitrogen and oxygen atoms in total. The quantitative estimate of drug-likeness (QED) is 0.794. The Labute approximate surface area is 144 Å². The summed E-state index contributed by atoms with van der Waals surface area (Å²) >= 11 is 0. The Morgan fingerprint density at radius 2 is 1.75 bits per heavy atom. The molecule has 1 amide bonds. The summed E-state index contributed by atoms with van der Waals surface area (Å²) in [5.41, 5.74) is 0.521. The topological polar surface area (TPSA) is 48.0 Å². The van der Waals surface area contributed by atoms with E-state index in [0.29, 0.717) is 5.56 Å². The first-order valence-electron chi connectivity index (χ1n) is 8.48. The van der Waals surface area contributed by atoms with E-state index in [-0.39, 0.29) is 12.0 Å². The van der Waals surface area contributed by atoms with E-state index in [9.17, 15) is 4.79 Å². The fraction of sp³-hybridized carbons (Fsp3) is 0.611. The van der Waals surface area contributed by atoms with Crippen molar-refractivity contribution in [3.8, 4) is 5.75 Å². The number of rotatable bonds is 4. The summed E-state index contributed by atoms with van der Waals surface area (Å²) in [5, 5.41) is 0. The first-order valence-corrected chi connectivity index (χ1v) is 8.48. The van der Waals surface area contributed by atoms with Crippen molar-refractivity contribution in [3.05, 3.63) is 23.8 Å². The predicted molar refractivity (Wildman–Crippen MR) is 93.8 cm³/mol. The first-order chi connectivity index (χ1) is 11.1. The molecule has 1 heterocycles. The lowest BCUT2D eigenvalue weighted by Gasteiger charge is -2.32. The van der Waals surface area contributed by atoms with Crippen LogP contribution in [0.15, 0.2) is 18.2 Å². The summed E-state index contributed by atoms with van der Waals surface area (Å²) < 4.78 is 18.3. The van der Waals surface area contributed by atoms with Gasteiger partial charge in [0.05, 0.1) is 17.3 Å². The molecule has 0 aromatic heterocycles. The monoisotopic (exact) mass is 331 g/mol. The summed E-state index contributed by atoms with van der Waals surface area (Å²) in [6, 6.07) is 5.49. The van der Waals surface area contributed by atoms with Gasteiger partial charge in [0.25, 0.3) is 5.91 Å². The summed E-state index contributed by atoms with van der Waals surface area (Å²) in [5.74, 6) is 0.692. The Balaban J connectivity index is 1.97. The maximum atomic E-state index is 12.3. The number of carbonyl (C=O) groups excluding carboxylic acids is 1. The van der Waals surface area contributed by atoms with E-state index < -0.39 is 18.3 Å². The van der Waals surface area contributed by atoms with Crippen LogP contribution in [0.3, 0.4) is 0 Å². The largest absolute Gasteiger partial charge is 0.498 e. The molecule has 0 atom stereocenters. The molecule has 24 heavy (non-hydrogen) atoms. The van der Waals surface area contributed by atoms with Crippen LogP contribution in [-0.2, 0) is 9.31 Å². The van der Waals surface area contributed by atoms with Crippen molar-refractivity contribution >= 4 is 18.5 Å². The van der Waals surface area contributed by atoms with E-state index in [4.69, 9.17) is 14.0 Å². The van der Waals surface area contributed by atoms with Crippen molar-refractivity contribution in [1.82, 2.24) is 4.90 Å². The molecule has 0 unspecified atom stereocenters. The Hall–Kier alpha value is -1.53.